The van der Waals surface area contributed by atoms with Crippen LogP contribution in [0.2, 0.25) is 0 Å². The number of rotatable bonds is 2. The molecule has 8 rings (SSSR count). The van der Waals surface area contributed by atoms with E-state index in [1.807, 2.05) is 79.7 Å². The molecule has 2 aliphatic carbocycles. The quantitative estimate of drug-likeness (QED) is 0.303. The van der Waals surface area contributed by atoms with Gasteiger partial charge < -0.3 is 10.4 Å². The van der Waals surface area contributed by atoms with Crippen LogP contribution in [0.15, 0.2) is 107 Å². The summed E-state index contributed by atoms with van der Waals surface area (Å²) in [5.41, 5.74) is 8.27. The van der Waals surface area contributed by atoms with Crippen LogP contribution in [0.5, 0.6) is 0 Å². The maximum Gasteiger partial charge on any atom is 0.277 e. The fourth-order valence-electron chi connectivity index (χ4n) is 5.91. The van der Waals surface area contributed by atoms with Gasteiger partial charge >= 0.3 is 0 Å². The van der Waals surface area contributed by atoms with Gasteiger partial charge in [0.2, 0.25) is 0 Å². The predicted molar refractivity (Wildman–Crippen MR) is 160 cm³/mol. The second kappa shape index (κ2) is 9.27. The number of fused-ring (bicyclic) bond motifs is 10. The van der Waals surface area contributed by atoms with E-state index >= 15 is 0 Å². The van der Waals surface area contributed by atoms with Crippen LogP contribution in [0.3, 0.4) is 0 Å². The van der Waals surface area contributed by atoms with Gasteiger partial charge in [0.05, 0.1) is 22.5 Å². The van der Waals surface area contributed by atoms with E-state index in [4.69, 9.17) is 0 Å². The highest BCUT2D eigenvalue weighted by Crippen LogP contribution is 2.39. The number of aromatic amines is 1. The van der Waals surface area contributed by atoms with Crippen LogP contribution in [-0.2, 0) is 0 Å². The number of carbonyl (C=O) groups excluding carboxylic acids is 2. The smallest absolute Gasteiger partial charge is 0.277 e. The Hall–Kier alpha value is -5.56. The van der Waals surface area contributed by atoms with Gasteiger partial charge in [-0.2, -0.15) is 0 Å². The Balaban J connectivity index is 0.000000136. The Morgan fingerprint density at radius 1 is 0.585 bits per heavy atom. The SMILES string of the molecule is CCNn1c2c(c3ccccc3c1=O)C(=O)c1ccccc1-2.O=C1c2ccccc2-c2[nH]c(=O)c3ccccc3c21. The van der Waals surface area contributed by atoms with Crippen molar-refractivity contribution in [2.75, 3.05) is 12.0 Å². The third-order valence-electron chi connectivity index (χ3n) is 7.66. The lowest BCUT2D eigenvalue weighted by Gasteiger charge is -2.15. The Morgan fingerprint density at radius 3 is 1.73 bits per heavy atom. The summed E-state index contributed by atoms with van der Waals surface area (Å²) < 4.78 is 1.52. The van der Waals surface area contributed by atoms with Gasteiger partial charge in [-0.25, -0.2) is 4.68 Å². The van der Waals surface area contributed by atoms with E-state index in [0.717, 1.165) is 21.9 Å². The van der Waals surface area contributed by atoms with Crippen LogP contribution in [0, 0.1) is 0 Å². The molecule has 7 nitrogen and oxygen atoms in total. The van der Waals surface area contributed by atoms with E-state index < -0.39 is 0 Å². The summed E-state index contributed by atoms with van der Waals surface area (Å²) in [6, 6.07) is 29.3. The molecule has 2 heterocycles. The van der Waals surface area contributed by atoms with Crippen LogP contribution in [0.1, 0.15) is 38.8 Å². The summed E-state index contributed by atoms with van der Waals surface area (Å²) in [6.07, 6.45) is 0. The maximum atomic E-state index is 12.8. The van der Waals surface area contributed by atoms with Gasteiger partial charge in [-0.1, -0.05) is 84.9 Å². The number of benzene rings is 4. The monoisotopic (exact) mass is 537 g/mol. The van der Waals surface area contributed by atoms with Gasteiger partial charge in [-0.05, 0) is 19.1 Å². The first-order chi connectivity index (χ1) is 20.0. The van der Waals surface area contributed by atoms with Crippen molar-refractivity contribution < 1.29 is 9.59 Å². The third-order valence-corrected chi connectivity index (χ3v) is 7.66. The second-order valence-corrected chi connectivity index (χ2v) is 9.92. The number of pyridine rings is 2. The molecule has 2 aliphatic rings. The molecular formula is C34H23N3O4. The number of nitrogens with zero attached hydrogens (tertiary/aromatic N) is 1. The summed E-state index contributed by atoms with van der Waals surface area (Å²) in [5, 5.41) is 2.56. The number of carbonyl (C=O) groups is 2. The molecule has 0 bridgehead atoms. The molecule has 0 aliphatic heterocycles. The molecule has 0 amide bonds. The fourth-order valence-corrected chi connectivity index (χ4v) is 5.91. The van der Waals surface area contributed by atoms with E-state index in [1.54, 1.807) is 24.3 Å². The molecule has 198 valence electrons. The first kappa shape index (κ1) is 24.5. The van der Waals surface area contributed by atoms with Crippen LogP contribution in [-0.4, -0.2) is 27.8 Å². The summed E-state index contributed by atoms with van der Waals surface area (Å²) in [6.45, 7) is 2.53. The van der Waals surface area contributed by atoms with E-state index in [2.05, 4.69) is 10.4 Å². The number of aromatic nitrogens is 2. The minimum atomic E-state index is -0.154. The molecule has 0 radical (unpaired) electrons. The molecule has 0 saturated carbocycles. The van der Waals surface area contributed by atoms with E-state index in [1.165, 1.54) is 4.68 Å². The number of H-pyrrole nitrogens is 1. The van der Waals surface area contributed by atoms with E-state index in [9.17, 15) is 19.2 Å². The highest BCUT2D eigenvalue weighted by molar-refractivity contribution is 6.27. The molecule has 0 unspecified atom stereocenters. The number of nitrogens with one attached hydrogen (secondary N) is 2. The molecule has 0 atom stereocenters. The first-order valence-corrected chi connectivity index (χ1v) is 13.4. The molecule has 2 N–H and O–H groups in total. The van der Waals surface area contributed by atoms with Crippen LogP contribution < -0.4 is 16.5 Å². The lowest BCUT2D eigenvalue weighted by atomic mass is 10.0. The highest BCUT2D eigenvalue weighted by Gasteiger charge is 2.32. The fraction of sp³-hybridized carbons (Fsp3) is 0.0588. The zero-order chi connectivity index (χ0) is 28.2. The van der Waals surface area contributed by atoms with Gasteiger partial charge in [0, 0.05) is 50.3 Å². The zero-order valence-electron chi connectivity index (χ0n) is 22.0. The lowest BCUT2D eigenvalue weighted by molar-refractivity contribution is 0.103. The Kier molecular flexibility index (Phi) is 5.54. The predicted octanol–water partition coefficient (Wildman–Crippen LogP) is 5.52. The van der Waals surface area contributed by atoms with Crippen molar-refractivity contribution in [1.82, 2.24) is 9.66 Å². The van der Waals surface area contributed by atoms with Crippen LogP contribution in [0.25, 0.3) is 44.1 Å². The van der Waals surface area contributed by atoms with Crippen molar-refractivity contribution in [2.24, 2.45) is 0 Å². The van der Waals surface area contributed by atoms with Gasteiger partial charge in [0.15, 0.2) is 11.6 Å². The third kappa shape index (κ3) is 3.52. The first-order valence-electron chi connectivity index (χ1n) is 13.4. The van der Waals surface area contributed by atoms with Gasteiger partial charge in [-0.15, -0.1) is 0 Å². The van der Waals surface area contributed by atoms with Gasteiger partial charge in [0.25, 0.3) is 11.1 Å². The van der Waals surface area contributed by atoms with E-state index in [0.29, 0.717) is 51.0 Å². The van der Waals surface area contributed by atoms with Crippen LogP contribution >= 0.6 is 0 Å². The molecule has 6 aromatic rings. The number of hydrogen-bond donors (Lipinski definition) is 2. The second-order valence-electron chi connectivity index (χ2n) is 9.92. The number of hydrogen-bond acceptors (Lipinski definition) is 5. The Morgan fingerprint density at radius 2 is 1.07 bits per heavy atom. The molecule has 41 heavy (non-hydrogen) atoms. The van der Waals surface area contributed by atoms with Crippen molar-refractivity contribution in [2.45, 2.75) is 6.92 Å². The van der Waals surface area contributed by atoms with Crippen molar-refractivity contribution in [1.29, 1.82) is 0 Å². The van der Waals surface area contributed by atoms with Crippen molar-refractivity contribution in [3.8, 4) is 22.5 Å². The molecule has 0 fully saturated rings. The average Bonchev–Trinajstić information content (AvgIpc) is 3.47. The van der Waals surface area contributed by atoms with Crippen molar-refractivity contribution in [3.63, 3.8) is 0 Å². The Bertz CT molecular complexity index is 2210. The molecule has 0 saturated heterocycles. The van der Waals surface area contributed by atoms with Gasteiger partial charge in [0.1, 0.15) is 0 Å². The topological polar surface area (TPSA) is 101 Å². The summed E-state index contributed by atoms with van der Waals surface area (Å²) >= 11 is 0. The largest absolute Gasteiger partial charge is 0.323 e. The van der Waals surface area contributed by atoms with E-state index in [-0.39, 0.29) is 22.7 Å². The zero-order valence-corrected chi connectivity index (χ0v) is 22.0. The standard InChI is InChI=1S/C18H14N2O2.C16H9NO2/c1-2-19-20-16-12-8-4-5-9-13(12)17(21)15(16)11-7-3-6-10-14(11)18(20)22;18-15-11-7-3-2-6-10(11)14-13(15)9-5-1-4-8-12(9)16(19)17-14/h3-10,19H,2H2,1H3;1-8H,(H,17,19). The van der Waals surface area contributed by atoms with Gasteiger partial charge in [-0.3, -0.25) is 19.2 Å². The maximum absolute atomic E-state index is 12.8. The molecule has 4 aromatic carbocycles. The van der Waals surface area contributed by atoms with Crippen molar-refractivity contribution in [3.05, 3.63) is 140 Å². The number of ketones is 2. The van der Waals surface area contributed by atoms with Crippen molar-refractivity contribution >= 4 is 33.1 Å². The minimum Gasteiger partial charge on any atom is -0.323 e. The molecule has 0 spiro atoms. The summed E-state index contributed by atoms with van der Waals surface area (Å²) in [5.74, 6) is -0.0356. The summed E-state index contributed by atoms with van der Waals surface area (Å²) in [4.78, 5) is 53.0. The average molecular weight is 538 g/mol. The molecule has 7 heteroatoms. The lowest BCUT2D eigenvalue weighted by Crippen LogP contribution is -2.31. The van der Waals surface area contributed by atoms with Crippen LogP contribution in [0.4, 0.5) is 0 Å². The molecule has 2 aromatic heterocycles. The normalized spacial score (nSPS) is 12.4. The highest BCUT2D eigenvalue weighted by atomic mass is 16.1. The molecular weight excluding hydrogens is 514 g/mol. The summed E-state index contributed by atoms with van der Waals surface area (Å²) in [7, 11) is 0. The minimum absolute atomic E-state index is 0.0157. The Labute approximate surface area is 233 Å².